The highest BCUT2D eigenvalue weighted by atomic mass is 16.6. The van der Waals surface area contributed by atoms with Crippen LogP contribution in [0.5, 0.6) is 5.75 Å². The van der Waals surface area contributed by atoms with Crippen molar-refractivity contribution < 1.29 is 9.53 Å². The lowest BCUT2D eigenvalue weighted by Crippen LogP contribution is -2.32. The first kappa shape index (κ1) is 11.8. The fourth-order valence-corrected chi connectivity index (χ4v) is 1.26. The molecule has 1 aromatic carbocycles. The van der Waals surface area contributed by atoms with Crippen LogP contribution in [0.1, 0.15) is 5.69 Å². The summed E-state index contributed by atoms with van der Waals surface area (Å²) in [6, 6.07) is 8.78. The molecule has 0 radical (unpaired) electrons. The summed E-state index contributed by atoms with van der Waals surface area (Å²) in [4.78, 5) is 19.5. The number of aromatic nitrogens is 2. The number of benzene rings is 1. The maximum atomic E-state index is 11.5. The molecule has 92 valence electrons. The molecule has 18 heavy (non-hydrogen) atoms. The van der Waals surface area contributed by atoms with Gasteiger partial charge in [-0.05, 0) is 19.1 Å². The molecule has 2 aromatic rings. The van der Waals surface area contributed by atoms with Gasteiger partial charge in [0.1, 0.15) is 5.75 Å². The van der Waals surface area contributed by atoms with Crippen molar-refractivity contribution in [1.82, 2.24) is 15.4 Å². The Balaban J connectivity index is 1.88. The molecule has 6 nitrogen and oxygen atoms in total. The average molecular weight is 244 g/mol. The lowest BCUT2D eigenvalue weighted by molar-refractivity contribution is 0.202. The first-order valence-corrected chi connectivity index (χ1v) is 5.32. The Hall–Kier alpha value is -2.63. The van der Waals surface area contributed by atoms with Gasteiger partial charge in [0.05, 0.1) is 5.69 Å². The molecule has 0 bridgehead atoms. The number of hydrogen-bond donors (Lipinski definition) is 2. The summed E-state index contributed by atoms with van der Waals surface area (Å²) >= 11 is 0. The first-order valence-electron chi connectivity index (χ1n) is 5.32. The van der Waals surface area contributed by atoms with Crippen molar-refractivity contribution in [3.63, 3.8) is 0 Å². The van der Waals surface area contributed by atoms with Crippen LogP contribution >= 0.6 is 0 Å². The number of aryl methyl sites for hydroxylation is 1. The Morgan fingerprint density at radius 2 is 1.89 bits per heavy atom. The molecule has 6 heteroatoms. The van der Waals surface area contributed by atoms with E-state index in [1.807, 2.05) is 6.07 Å². The second-order valence-corrected chi connectivity index (χ2v) is 3.44. The zero-order valence-corrected chi connectivity index (χ0v) is 9.75. The Bertz CT molecular complexity index is 531. The van der Waals surface area contributed by atoms with E-state index < -0.39 is 6.09 Å². The molecule has 1 amide bonds. The van der Waals surface area contributed by atoms with Gasteiger partial charge in [0.15, 0.2) is 5.82 Å². The summed E-state index contributed by atoms with van der Waals surface area (Å²) in [6.45, 7) is 1.78. The van der Waals surface area contributed by atoms with Crippen molar-refractivity contribution in [2.75, 3.05) is 5.43 Å². The number of nitrogens with one attached hydrogen (secondary N) is 2. The van der Waals surface area contributed by atoms with E-state index >= 15 is 0 Å². The van der Waals surface area contributed by atoms with Crippen LogP contribution in [0.3, 0.4) is 0 Å². The summed E-state index contributed by atoms with van der Waals surface area (Å²) in [6.07, 6.45) is 2.48. The number of nitrogens with zero attached hydrogens (tertiary/aromatic N) is 2. The SMILES string of the molecule is Cc1nccnc1NNC(=O)Oc1ccccc1. The van der Waals surface area contributed by atoms with Gasteiger partial charge in [-0.2, -0.15) is 0 Å². The van der Waals surface area contributed by atoms with Crippen molar-refractivity contribution >= 4 is 11.9 Å². The number of rotatable bonds is 3. The third-order valence-corrected chi connectivity index (χ3v) is 2.12. The van der Waals surface area contributed by atoms with Gasteiger partial charge >= 0.3 is 6.09 Å². The molecule has 0 aliphatic heterocycles. The fourth-order valence-electron chi connectivity index (χ4n) is 1.26. The summed E-state index contributed by atoms with van der Waals surface area (Å²) in [7, 11) is 0. The zero-order valence-electron chi connectivity index (χ0n) is 9.75. The van der Waals surface area contributed by atoms with Gasteiger partial charge in [0, 0.05) is 12.4 Å². The van der Waals surface area contributed by atoms with Gasteiger partial charge in [0.2, 0.25) is 0 Å². The molecule has 0 aliphatic carbocycles. The van der Waals surface area contributed by atoms with Crippen LogP contribution in [-0.4, -0.2) is 16.1 Å². The van der Waals surface area contributed by atoms with Crippen LogP contribution in [0.4, 0.5) is 10.6 Å². The molecule has 1 heterocycles. The molecule has 0 fully saturated rings. The standard InChI is InChI=1S/C12H12N4O2/c1-9-11(14-8-7-13-9)15-16-12(17)18-10-5-3-2-4-6-10/h2-8H,1H3,(H,14,15)(H,16,17). The highest BCUT2D eigenvalue weighted by Gasteiger charge is 2.04. The van der Waals surface area contributed by atoms with Crippen LogP contribution in [0.15, 0.2) is 42.7 Å². The molecule has 0 atom stereocenters. The van der Waals surface area contributed by atoms with Crippen molar-refractivity contribution in [2.45, 2.75) is 6.92 Å². The van der Waals surface area contributed by atoms with E-state index in [1.165, 1.54) is 6.20 Å². The van der Waals surface area contributed by atoms with Crippen molar-refractivity contribution in [3.8, 4) is 5.75 Å². The number of para-hydroxylation sites is 1. The third kappa shape index (κ3) is 3.18. The highest BCUT2D eigenvalue weighted by molar-refractivity contribution is 5.71. The third-order valence-electron chi connectivity index (χ3n) is 2.12. The Morgan fingerprint density at radius 1 is 1.17 bits per heavy atom. The average Bonchev–Trinajstić information content (AvgIpc) is 2.39. The molecule has 0 spiro atoms. The maximum absolute atomic E-state index is 11.5. The van der Waals surface area contributed by atoms with Crippen LogP contribution in [0.2, 0.25) is 0 Å². The lowest BCUT2D eigenvalue weighted by Gasteiger charge is -2.09. The lowest BCUT2D eigenvalue weighted by atomic mass is 10.3. The minimum atomic E-state index is -0.619. The topological polar surface area (TPSA) is 76.1 Å². The van der Waals surface area contributed by atoms with E-state index in [9.17, 15) is 4.79 Å². The van der Waals surface area contributed by atoms with Gasteiger partial charge in [-0.1, -0.05) is 18.2 Å². The van der Waals surface area contributed by atoms with Crippen molar-refractivity contribution in [2.24, 2.45) is 0 Å². The zero-order chi connectivity index (χ0) is 12.8. The molecule has 0 aliphatic rings. The molecule has 2 N–H and O–H groups in total. The first-order chi connectivity index (χ1) is 8.75. The number of carbonyl (C=O) groups is 1. The fraction of sp³-hybridized carbons (Fsp3) is 0.0833. The smallest absolute Gasteiger partial charge is 0.409 e. The van der Waals surface area contributed by atoms with E-state index in [-0.39, 0.29) is 0 Å². The van der Waals surface area contributed by atoms with Gasteiger partial charge < -0.3 is 4.74 Å². The number of carbonyl (C=O) groups excluding carboxylic acids is 1. The predicted molar refractivity (Wildman–Crippen MR) is 66.0 cm³/mol. The maximum Gasteiger partial charge on any atom is 0.431 e. The van der Waals surface area contributed by atoms with E-state index in [1.54, 1.807) is 37.4 Å². The van der Waals surface area contributed by atoms with E-state index in [2.05, 4.69) is 20.8 Å². The molecular weight excluding hydrogens is 232 g/mol. The summed E-state index contributed by atoms with van der Waals surface area (Å²) in [5, 5.41) is 0. The minimum absolute atomic E-state index is 0.465. The van der Waals surface area contributed by atoms with Crippen molar-refractivity contribution in [1.29, 1.82) is 0 Å². The number of anilines is 1. The molecule has 0 saturated heterocycles. The second-order valence-electron chi connectivity index (χ2n) is 3.44. The van der Waals surface area contributed by atoms with Crippen molar-refractivity contribution in [3.05, 3.63) is 48.4 Å². The van der Waals surface area contributed by atoms with Gasteiger partial charge in [-0.3, -0.25) is 10.4 Å². The Kier molecular flexibility index (Phi) is 3.70. The molecule has 2 rings (SSSR count). The van der Waals surface area contributed by atoms with E-state index in [4.69, 9.17) is 4.74 Å². The highest BCUT2D eigenvalue weighted by Crippen LogP contribution is 2.08. The molecular formula is C12H12N4O2. The second kappa shape index (κ2) is 5.62. The van der Waals surface area contributed by atoms with Gasteiger partial charge in [-0.25, -0.2) is 15.2 Å². The minimum Gasteiger partial charge on any atom is -0.409 e. The molecule has 0 saturated carbocycles. The summed E-state index contributed by atoms with van der Waals surface area (Å²) in [5.41, 5.74) is 5.69. The van der Waals surface area contributed by atoms with Crippen LogP contribution in [0, 0.1) is 6.92 Å². The predicted octanol–water partition coefficient (Wildman–Crippen LogP) is 1.90. The normalized spacial score (nSPS) is 9.61. The van der Waals surface area contributed by atoms with Crippen LogP contribution < -0.4 is 15.6 Å². The van der Waals surface area contributed by atoms with Crippen LogP contribution in [-0.2, 0) is 0 Å². The number of hydrazine groups is 1. The number of hydrogen-bond acceptors (Lipinski definition) is 5. The monoisotopic (exact) mass is 244 g/mol. The number of amides is 1. The summed E-state index contributed by atoms with van der Waals surface area (Å²) in [5.74, 6) is 0.940. The van der Waals surface area contributed by atoms with Crippen LogP contribution in [0.25, 0.3) is 0 Å². The summed E-state index contributed by atoms with van der Waals surface area (Å²) < 4.78 is 5.02. The Labute approximate surface area is 104 Å². The quantitative estimate of drug-likeness (QED) is 0.806. The largest absolute Gasteiger partial charge is 0.431 e. The number of ether oxygens (including phenoxy) is 1. The Morgan fingerprint density at radius 3 is 2.61 bits per heavy atom. The van der Waals surface area contributed by atoms with E-state index in [0.29, 0.717) is 17.3 Å². The van der Waals surface area contributed by atoms with Gasteiger partial charge in [0.25, 0.3) is 0 Å². The molecule has 0 unspecified atom stereocenters. The molecule has 1 aromatic heterocycles. The van der Waals surface area contributed by atoms with Gasteiger partial charge in [-0.15, -0.1) is 0 Å². The van der Waals surface area contributed by atoms with E-state index in [0.717, 1.165) is 0 Å².